The number of aryl methyl sites for hydroxylation is 1. The van der Waals surface area contributed by atoms with Gasteiger partial charge in [-0.2, -0.15) is 0 Å². The second kappa shape index (κ2) is 6.20. The molecule has 0 radical (unpaired) electrons. The Kier molecular flexibility index (Phi) is 4.84. The Morgan fingerprint density at radius 3 is 2.78 bits per heavy atom. The van der Waals surface area contributed by atoms with Crippen LogP contribution in [0, 0.1) is 6.92 Å². The molecule has 0 fully saturated rings. The van der Waals surface area contributed by atoms with Crippen molar-refractivity contribution in [3.63, 3.8) is 0 Å². The molecule has 1 aromatic carbocycles. The van der Waals surface area contributed by atoms with Crippen LogP contribution >= 0.6 is 38.9 Å². The first-order valence-corrected chi connectivity index (χ1v) is 7.82. The predicted octanol–water partition coefficient (Wildman–Crippen LogP) is 4.98. The number of halogens is 2. The number of hydrogen-bond donors (Lipinski definition) is 1. The molecule has 0 saturated carbocycles. The van der Waals surface area contributed by atoms with Crippen LogP contribution in [-0.4, -0.2) is 7.05 Å². The molecule has 18 heavy (non-hydrogen) atoms. The summed E-state index contributed by atoms with van der Waals surface area (Å²) in [6.45, 7) is 2.05. The summed E-state index contributed by atoms with van der Waals surface area (Å²) < 4.78 is 1.11. The Balaban J connectivity index is 2.22. The zero-order chi connectivity index (χ0) is 13.1. The molecular weight excluding hydrogens is 330 g/mol. The van der Waals surface area contributed by atoms with Crippen LogP contribution in [0.1, 0.15) is 22.0 Å². The maximum atomic E-state index is 6.34. The topological polar surface area (TPSA) is 12.0 Å². The molecule has 1 N–H and O–H groups in total. The van der Waals surface area contributed by atoms with Gasteiger partial charge >= 0.3 is 0 Å². The van der Waals surface area contributed by atoms with E-state index in [9.17, 15) is 0 Å². The van der Waals surface area contributed by atoms with E-state index in [0.717, 1.165) is 21.5 Å². The van der Waals surface area contributed by atoms with Crippen molar-refractivity contribution in [1.29, 1.82) is 0 Å². The van der Waals surface area contributed by atoms with Gasteiger partial charge in [0.05, 0.1) is 5.02 Å². The first-order valence-electron chi connectivity index (χ1n) is 5.77. The van der Waals surface area contributed by atoms with Crippen LogP contribution in [0.15, 0.2) is 34.1 Å². The molecule has 0 saturated heterocycles. The summed E-state index contributed by atoms with van der Waals surface area (Å²) in [7, 11) is 1.98. The van der Waals surface area contributed by atoms with E-state index >= 15 is 0 Å². The SMILES string of the molecule is CNC(Cc1cccc(Br)c1)c1scc(C)c1Cl. The van der Waals surface area contributed by atoms with Crippen molar-refractivity contribution >= 4 is 38.9 Å². The van der Waals surface area contributed by atoms with Crippen LogP contribution in [0.3, 0.4) is 0 Å². The van der Waals surface area contributed by atoms with E-state index in [1.807, 2.05) is 20.0 Å². The fraction of sp³-hybridized carbons (Fsp3) is 0.286. The average molecular weight is 345 g/mol. The number of nitrogens with one attached hydrogen (secondary N) is 1. The van der Waals surface area contributed by atoms with Crippen LogP contribution in [0.2, 0.25) is 5.02 Å². The van der Waals surface area contributed by atoms with Crippen molar-refractivity contribution < 1.29 is 0 Å². The summed E-state index contributed by atoms with van der Waals surface area (Å²) in [6.07, 6.45) is 0.940. The van der Waals surface area contributed by atoms with Crippen molar-refractivity contribution in [2.24, 2.45) is 0 Å². The molecule has 1 aromatic heterocycles. The summed E-state index contributed by atoms with van der Waals surface area (Å²) in [5.41, 5.74) is 2.46. The minimum Gasteiger partial charge on any atom is -0.312 e. The molecular formula is C14H15BrClNS. The smallest absolute Gasteiger partial charge is 0.0590 e. The fourth-order valence-electron chi connectivity index (χ4n) is 1.91. The standard InChI is InChI=1S/C14H15BrClNS/c1-9-8-18-14(13(9)16)12(17-2)7-10-4-3-5-11(15)6-10/h3-6,8,12,17H,7H2,1-2H3. The lowest BCUT2D eigenvalue weighted by Gasteiger charge is -2.15. The van der Waals surface area contributed by atoms with Gasteiger partial charge in [0.15, 0.2) is 0 Å². The maximum Gasteiger partial charge on any atom is 0.0590 e. The Morgan fingerprint density at radius 2 is 2.22 bits per heavy atom. The van der Waals surface area contributed by atoms with Crippen LogP contribution in [0.4, 0.5) is 0 Å². The molecule has 1 atom stereocenters. The third-order valence-corrected chi connectivity index (χ3v) is 5.24. The third kappa shape index (κ3) is 3.15. The highest BCUT2D eigenvalue weighted by Gasteiger charge is 2.16. The first-order chi connectivity index (χ1) is 8.61. The summed E-state index contributed by atoms with van der Waals surface area (Å²) >= 11 is 11.6. The Morgan fingerprint density at radius 1 is 1.44 bits per heavy atom. The van der Waals surface area contributed by atoms with Gasteiger partial charge in [0.1, 0.15) is 0 Å². The lowest BCUT2D eigenvalue weighted by atomic mass is 10.0. The molecule has 2 aromatic rings. The fourth-order valence-corrected chi connectivity index (χ4v) is 3.79. The third-order valence-electron chi connectivity index (χ3n) is 2.92. The van der Waals surface area contributed by atoms with Gasteiger partial charge in [0, 0.05) is 15.4 Å². The van der Waals surface area contributed by atoms with Gasteiger partial charge in [-0.3, -0.25) is 0 Å². The van der Waals surface area contributed by atoms with Crippen molar-refractivity contribution in [1.82, 2.24) is 5.32 Å². The van der Waals surface area contributed by atoms with Crippen LogP contribution in [-0.2, 0) is 6.42 Å². The minimum atomic E-state index is 0.269. The lowest BCUT2D eigenvalue weighted by Crippen LogP contribution is -2.18. The molecule has 1 heterocycles. The highest BCUT2D eigenvalue weighted by Crippen LogP contribution is 2.34. The van der Waals surface area contributed by atoms with E-state index in [0.29, 0.717) is 0 Å². The molecule has 96 valence electrons. The zero-order valence-corrected chi connectivity index (χ0v) is 13.5. The molecule has 0 aliphatic heterocycles. The van der Waals surface area contributed by atoms with Crippen LogP contribution < -0.4 is 5.32 Å². The number of benzene rings is 1. The second-order valence-corrected chi connectivity index (χ2v) is 6.48. The monoisotopic (exact) mass is 343 g/mol. The van der Waals surface area contributed by atoms with Gasteiger partial charge < -0.3 is 5.32 Å². The van der Waals surface area contributed by atoms with E-state index in [1.54, 1.807) is 11.3 Å². The van der Waals surface area contributed by atoms with Gasteiger partial charge in [-0.1, -0.05) is 39.7 Å². The maximum absolute atomic E-state index is 6.34. The molecule has 1 nitrogen and oxygen atoms in total. The first kappa shape index (κ1) is 14.1. The number of rotatable bonds is 4. The van der Waals surface area contributed by atoms with Gasteiger partial charge in [-0.15, -0.1) is 11.3 Å². The molecule has 1 unspecified atom stereocenters. The van der Waals surface area contributed by atoms with E-state index in [-0.39, 0.29) is 6.04 Å². The van der Waals surface area contributed by atoms with Crippen molar-refractivity contribution in [3.8, 4) is 0 Å². The normalized spacial score (nSPS) is 12.7. The Bertz CT molecular complexity index is 538. The number of thiophene rings is 1. The summed E-state index contributed by atoms with van der Waals surface area (Å²) in [5.74, 6) is 0. The quantitative estimate of drug-likeness (QED) is 0.825. The van der Waals surface area contributed by atoms with Crippen molar-refractivity contribution in [2.75, 3.05) is 7.05 Å². The molecule has 0 aliphatic carbocycles. The number of hydrogen-bond acceptors (Lipinski definition) is 2. The highest BCUT2D eigenvalue weighted by atomic mass is 79.9. The Hall–Kier alpha value is -0.350. The van der Waals surface area contributed by atoms with Gasteiger partial charge in [-0.05, 0) is 49.0 Å². The Labute approximate surface area is 125 Å². The van der Waals surface area contributed by atoms with Gasteiger partial charge in [-0.25, -0.2) is 0 Å². The molecule has 4 heteroatoms. The largest absolute Gasteiger partial charge is 0.312 e. The van der Waals surface area contributed by atoms with Crippen LogP contribution in [0.5, 0.6) is 0 Å². The lowest BCUT2D eigenvalue weighted by molar-refractivity contribution is 0.602. The van der Waals surface area contributed by atoms with E-state index in [4.69, 9.17) is 11.6 Å². The molecule has 2 rings (SSSR count). The molecule has 0 bridgehead atoms. The van der Waals surface area contributed by atoms with Gasteiger partial charge in [0.2, 0.25) is 0 Å². The summed E-state index contributed by atoms with van der Waals surface area (Å²) in [5, 5.41) is 6.36. The van der Waals surface area contributed by atoms with Crippen molar-refractivity contribution in [2.45, 2.75) is 19.4 Å². The highest BCUT2D eigenvalue weighted by molar-refractivity contribution is 9.10. The zero-order valence-electron chi connectivity index (χ0n) is 10.3. The predicted molar refractivity (Wildman–Crippen MR) is 83.7 cm³/mol. The second-order valence-electron chi connectivity index (χ2n) is 4.27. The summed E-state index contributed by atoms with van der Waals surface area (Å²) in [6, 6.07) is 8.67. The van der Waals surface area contributed by atoms with E-state index in [2.05, 4.69) is 44.8 Å². The van der Waals surface area contributed by atoms with E-state index in [1.165, 1.54) is 10.4 Å². The molecule has 0 aliphatic rings. The molecule has 0 spiro atoms. The minimum absolute atomic E-state index is 0.269. The molecule has 0 amide bonds. The van der Waals surface area contributed by atoms with Gasteiger partial charge in [0.25, 0.3) is 0 Å². The average Bonchev–Trinajstić information content (AvgIpc) is 2.67. The van der Waals surface area contributed by atoms with Crippen molar-refractivity contribution in [3.05, 3.63) is 55.1 Å². The number of likely N-dealkylation sites (N-methyl/N-ethyl adjacent to an activating group) is 1. The van der Waals surface area contributed by atoms with Crippen LogP contribution in [0.25, 0.3) is 0 Å². The van der Waals surface area contributed by atoms with E-state index < -0.39 is 0 Å². The summed E-state index contributed by atoms with van der Waals surface area (Å²) in [4.78, 5) is 1.22.